The second-order valence-corrected chi connectivity index (χ2v) is 4.61. The lowest BCUT2D eigenvalue weighted by Crippen LogP contribution is -2.25. The van der Waals surface area contributed by atoms with Crippen molar-refractivity contribution in [3.63, 3.8) is 0 Å². The maximum atomic E-state index is 9.00. The molecule has 0 saturated carbocycles. The fourth-order valence-corrected chi connectivity index (χ4v) is 2.59. The van der Waals surface area contributed by atoms with Gasteiger partial charge in [0, 0.05) is 12.6 Å². The molecule has 0 radical (unpaired) electrons. The molecule has 2 rings (SSSR count). The molecule has 82 valence electrons. The van der Waals surface area contributed by atoms with Crippen LogP contribution in [0.2, 0.25) is 0 Å². The Bertz CT molecular complexity index is 169. The van der Waals surface area contributed by atoms with Crippen molar-refractivity contribution in [1.29, 1.82) is 0 Å². The van der Waals surface area contributed by atoms with Crippen molar-refractivity contribution in [3.05, 3.63) is 0 Å². The van der Waals surface area contributed by atoms with Crippen molar-refractivity contribution in [1.82, 2.24) is 5.32 Å². The van der Waals surface area contributed by atoms with E-state index in [2.05, 4.69) is 5.32 Å². The van der Waals surface area contributed by atoms with Crippen LogP contribution in [0.3, 0.4) is 0 Å². The third kappa shape index (κ3) is 2.69. The van der Waals surface area contributed by atoms with Crippen molar-refractivity contribution < 1.29 is 9.84 Å². The minimum atomic E-state index is 0.280. The molecule has 0 aromatic heterocycles. The monoisotopic (exact) mass is 199 g/mol. The predicted molar refractivity (Wildman–Crippen MR) is 55.2 cm³/mol. The van der Waals surface area contributed by atoms with Crippen LogP contribution in [0.4, 0.5) is 0 Å². The number of nitrogens with one attached hydrogen (secondary N) is 1. The second-order valence-electron chi connectivity index (χ2n) is 4.61. The Hall–Kier alpha value is -0.120. The number of ether oxygens (including phenoxy) is 1. The van der Waals surface area contributed by atoms with E-state index in [9.17, 15) is 0 Å². The highest BCUT2D eigenvalue weighted by Crippen LogP contribution is 2.24. The molecule has 0 aromatic rings. The quantitative estimate of drug-likeness (QED) is 0.710. The average Bonchev–Trinajstić information content (AvgIpc) is 2.67. The van der Waals surface area contributed by atoms with E-state index in [1.807, 2.05) is 0 Å². The van der Waals surface area contributed by atoms with Crippen LogP contribution in [0.15, 0.2) is 0 Å². The van der Waals surface area contributed by atoms with Crippen LogP contribution >= 0.6 is 0 Å². The van der Waals surface area contributed by atoms with Crippen LogP contribution in [0.5, 0.6) is 0 Å². The molecule has 2 fully saturated rings. The zero-order chi connectivity index (χ0) is 9.80. The molecular weight excluding hydrogens is 178 g/mol. The topological polar surface area (TPSA) is 41.5 Å². The summed E-state index contributed by atoms with van der Waals surface area (Å²) in [5, 5.41) is 12.3. The lowest BCUT2D eigenvalue weighted by Gasteiger charge is -2.24. The predicted octanol–water partition coefficient (Wildman–Crippen LogP) is 0.916. The Morgan fingerprint density at radius 2 is 2.29 bits per heavy atom. The molecule has 3 nitrogen and oxygen atoms in total. The standard InChI is InChI=1S/C11H21NO2/c13-8-10-5-9(7-12-10)6-11-3-1-2-4-14-11/h9-13H,1-8H2. The van der Waals surface area contributed by atoms with Crippen LogP contribution in [-0.2, 0) is 4.74 Å². The minimum Gasteiger partial charge on any atom is -0.395 e. The van der Waals surface area contributed by atoms with Gasteiger partial charge in [0.25, 0.3) is 0 Å². The van der Waals surface area contributed by atoms with Gasteiger partial charge in [-0.15, -0.1) is 0 Å². The van der Waals surface area contributed by atoms with E-state index in [1.54, 1.807) is 0 Å². The van der Waals surface area contributed by atoms with Gasteiger partial charge in [0.05, 0.1) is 12.7 Å². The Kier molecular flexibility index (Phi) is 3.79. The summed E-state index contributed by atoms with van der Waals surface area (Å²) >= 11 is 0. The molecule has 2 N–H and O–H groups in total. The number of rotatable bonds is 3. The Morgan fingerprint density at radius 1 is 1.36 bits per heavy atom. The second kappa shape index (κ2) is 5.10. The first kappa shape index (κ1) is 10.4. The van der Waals surface area contributed by atoms with Crippen LogP contribution in [-0.4, -0.2) is 37.0 Å². The highest BCUT2D eigenvalue weighted by Gasteiger charge is 2.26. The molecule has 3 unspecified atom stereocenters. The summed E-state index contributed by atoms with van der Waals surface area (Å²) in [4.78, 5) is 0. The normalized spacial score (nSPS) is 38.8. The molecule has 2 aliphatic heterocycles. The average molecular weight is 199 g/mol. The van der Waals surface area contributed by atoms with E-state index in [-0.39, 0.29) is 6.61 Å². The number of hydrogen-bond donors (Lipinski definition) is 2. The van der Waals surface area contributed by atoms with Crippen LogP contribution < -0.4 is 5.32 Å². The SMILES string of the molecule is OCC1CC(CC2CCCCO2)CN1. The molecule has 0 aliphatic carbocycles. The molecule has 3 atom stereocenters. The van der Waals surface area contributed by atoms with Crippen LogP contribution in [0.25, 0.3) is 0 Å². The Labute approximate surface area is 85.8 Å². The summed E-state index contributed by atoms with van der Waals surface area (Å²) < 4.78 is 5.72. The minimum absolute atomic E-state index is 0.280. The molecule has 2 heterocycles. The van der Waals surface area contributed by atoms with Gasteiger partial charge in [-0.1, -0.05) is 0 Å². The fourth-order valence-electron chi connectivity index (χ4n) is 2.59. The van der Waals surface area contributed by atoms with E-state index in [4.69, 9.17) is 9.84 Å². The van der Waals surface area contributed by atoms with Gasteiger partial charge in [-0.2, -0.15) is 0 Å². The molecular formula is C11H21NO2. The highest BCUT2D eigenvalue weighted by molar-refractivity contribution is 4.83. The van der Waals surface area contributed by atoms with Crippen molar-refractivity contribution in [2.24, 2.45) is 5.92 Å². The van der Waals surface area contributed by atoms with Crippen LogP contribution in [0, 0.1) is 5.92 Å². The number of aliphatic hydroxyl groups is 1. The van der Waals surface area contributed by atoms with Crippen molar-refractivity contribution in [3.8, 4) is 0 Å². The molecule has 0 bridgehead atoms. The van der Waals surface area contributed by atoms with Gasteiger partial charge in [0.2, 0.25) is 0 Å². The number of aliphatic hydroxyl groups excluding tert-OH is 1. The molecule has 14 heavy (non-hydrogen) atoms. The first-order chi connectivity index (χ1) is 6.88. The molecule has 0 spiro atoms. The first-order valence-corrected chi connectivity index (χ1v) is 5.84. The molecule has 0 aromatic carbocycles. The summed E-state index contributed by atoms with van der Waals surface area (Å²) in [7, 11) is 0. The van der Waals surface area contributed by atoms with E-state index in [0.29, 0.717) is 12.1 Å². The highest BCUT2D eigenvalue weighted by atomic mass is 16.5. The number of hydrogen-bond acceptors (Lipinski definition) is 3. The lowest BCUT2D eigenvalue weighted by atomic mass is 9.95. The lowest BCUT2D eigenvalue weighted by molar-refractivity contribution is 0.00268. The van der Waals surface area contributed by atoms with Crippen molar-refractivity contribution in [2.75, 3.05) is 19.8 Å². The van der Waals surface area contributed by atoms with Gasteiger partial charge in [0.15, 0.2) is 0 Å². The van der Waals surface area contributed by atoms with Gasteiger partial charge in [0.1, 0.15) is 0 Å². The van der Waals surface area contributed by atoms with Gasteiger partial charge < -0.3 is 15.2 Å². The summed E-state index contributed by atoms with van der Waals surface area (Å²) in [6, 6.07) is 0.337. The van der Waals surface area contributed by atoms with E-state index in [1.165, 1.54) is 25.7 Å². The molecule has 3 heteroatoms. The summed E-state index contributed by atoms with van der Waals surface area (Å²) in [5.41, 5.74) is 0. The third-order valence-corrected chi connectivity index (χ3v) is 3.40. The Morgan fingerprint density at radius 3 is 2.93 bits per heavy atom. The summed E-state index contributed by atoms with van der Waals surface area (Å²) in [6.07, 6.45) is 6.60. The largest absolute Gasteiger partial charge is 0.395 e. The first-order valence-electron chi connectivity index (χ1n) is 5.84. The van der Waals surface area contributed by atoms with Gasteiger partial charge in [-0.05, 0) is 44.6 Å². The zero-order valence-corrected chi connectivity index (χ0v) is 8.74. The van der Waals surface area contributed by atoms with Gasteiger partial charge in [-0.25, -0.2) is 0 Å². The van der Waals surface area contributed by atoms with E-state index < -0.39 is 0 Å². The summed E-state index contributed by atoms with van der Waals surface area (Å²) in [6.45, 7) is 2.29. The summed E-state index contributed by atoms with van der Waals surface area (Å²) in [5.74, 6) is 0.718. The van der Waals surface area contributed by atoms with Gasteiger partial charge >= 0.3 is 0 Å². The smallest absolute Gasteiger partial charge is 0.0584 e. The zero-order valence-electron chi connectivity index (χ0n) is 8.74. The van der Waals surface area contributed by atoms with E-state index in [0.717, 1.165) is 25.5 Å². The maximum Gasteiger partial charge on any atom is 0.0584 e. The van der Waals surface area contributed by atoms with E-state index >= 15 is 0 Å². The fraction of sp³-hybridized carbons (Fsp3) is 1.00. The van der Waals surface area contributed by atoms with Crippen LogP contribution in [0.1, 0.15) is 32.1 Å². The van der Waals surface area contributed by atoms with Gasteiger partial charge in [-0.3, -0.25) is 0 Å². The molecule has 2 saturated heterocycles. The maximum absolute atomic E-state index is 9.00. The Balaban J connectivity index is 1.69. The van der Waals surface area contributed by atoms with Crippen molar-refractivity contribution >= 4 is 0 Å². The van der Waals surface area contributed by atoms with Crippen molar-refractivity contribution in [2.45, 2.75) is 44.2 Å². The molecule has 0 amide bonds. The molecule has 2 aliphatic rings. The third-order valence-electron chi connectivity index (χ3n) is 3.40.